The van der Waals surface area contributed by atoms with Gasteiger partial charge in [-0.2, -0.15) is 0 Å². The van der Waals surface area contributed by atoms with E-state index in [2.05, 4.69) is 28.9 Å². The molecule has 0 saturated carbocycles. The average Bonchev–Trinajstić information content (AvgIpc) is 2.34. The van der Waals surface area contributed by atoms with Gasteiger partial charge in [-0.1, -0.05) is 5.16 Å². The van der Waals surface area contributed by atoms with Gasteiger partial charge in [-0.25, -0.2) is 4.98 Å². The van der Waals surface area contributed by atoms with Crippen molar-refractivity contribution in [1.82, 2.24) is 4.98 Å². The van der Waals surface area contributed by atoms with Crippen LogP contribution in [-0.2, 0) is 4.74 Å². The van der Waals surface area contributed by atoms with Gasteiger partial charge in [0.1, 0.15) is 5.82 Å². The van der Waals surface area contributed by atoms with Gasteiger partial charge in [-0.3, -0.25) is 0 Å². The molecule has 1 aromatic heterocycles. The monoisotopic (exact) mass is 292 g/mol. The van der Waals surface area contributed by atoms with Crippen molar-refractivity contribution in [3.05, 3.63) is 22.9 Å². The van der Waals surface area contributed by atoms with Crippen LogP contribution < -0.4 is 10.6 Å². The van der Waals surface area contributed by atoms with Crippen LogP contribution in [0.1, 0.15) is 37.6 Å². The highest BCUT2D eigenvalue weighted by molar-refractivity contribution is 6.02. The minimum Gasteiger partial charge on any atom is -0.409 e. The molecule has 21 heavy (non-hydrogen) atoms. The molecule has 1 aliphatic rings. The minimum absolute atomic E-state index is 0.0898. The number of aromatic nitrogens is 1. The number of aryl methyl sites for hydroxylation is 2. The molecule has 0 amide bonds. The summed E-state index contributed by atoms with van der Waals surface area (Å²) < 4.78 is 5.93. The molecule has 3 N–H and O–H groups in total. The minimum atomic E-state index is -0.264. The number of ether oxygens (including phenoxy) is 1. The summed E-state index contributed by atoms with van der Waals surface area (Å²) >= 11 is 0. The summed E-state index contributed by atoms with van der Waals surface area (Å²) in [5.41, 5.74) is 8.14. The van der Waals surface area contributed by atoms with Crippen molar-refractivity contribution in [1.29, 1.82) is 0 Å². The van der Waals surface area contributed by atoms with E-state index in [4.69, 9.17) is 15.7 Å². The Labute approximate surface area is 125 Å². The first-order valence-electron chi connectivity index (χ1n) is 7.12. The summed E-state index contributed by atoms with van der Waals surface area (Å²) in [5.74, 6) is 0.845. The SMILES string of the molecule is Cc1cc(C)c(C(N)=NO)c(N2CC(C)OC(C)(C)C2)n1. The van der Waals surface area contributed by atoms with Crippen LogP contribution in [0.2, 0.25) is 0 Å². The molecule has 0 bridgehead atoms. The number of pyridine rings is 1. The topological polar surface area (TPSA) is 84.0 Å². The molecule has 1 unspecified atom stereocenters. The van der Waals surface area contributed by atoms with Gasteiger partial charge in [-0.15, -0.1) is 0 Å². The molecule has 1 aromatic rings. The third kappa shape index (κ3) is 3.26. The van der Waals surface area contributed by atoms with Crippen LogP contribution in [0.3, 0.4) is 0 Å². The zero-order valence-corrected chi connectivity index (χ0v) is 13.3. The lowest BCUT2D eigenvalue weighted by Crippen LogP contribution is -2.52. The predicted octanol–water partition coefficient (Wildman–Crippen LogP) is 1.80. The first-order chi connectivity index (χ1) is 9.73. The van der Waals surface area contributed by atoms with Crippen molar-refractivity contribution in [2.45, 2.75) is 46.3 Å². The molecule has 6 nitrogen and oxygen atoms in total. The number of nitrogens with zero attached hydrogens (tertiary/aromatic N) is 3. The molecule has 2 rings (SSSR count). The van der Waals surface area contributed by atoms with Crippen molar-refractivity contribution in [2.24, 2.45) is 10.9 Å². The van der Waals surface area contributed by atoms with Gasteiger partial charge in [-0.05, 0) is 46.2 Å². The first kappa shape index (κ1) is 15.6. The summed E-state index contributed by atoms with van der Waals surface area (Å²) in [7, 11) is 0. The van der Waals surface area contributed by atoms with Crippen LogP contribution in [0.15, 0.2) is 11.2 Å². The Bertz CT molecular complexity index is 569. The van der Waals surface area contributed by atoms with Crippen molar-refractivity contribution < 1.29 is 9.94 Å². The Morgan fingerprint density at radius 1 is 1.52 bits per heavy atom. The summed E-state index contributed by atoms with van der Waals surface area (Å²) in [6.45, 7) is 11.5. The molecule has 0 spiro atoms. The standard InChI is InChI=1S/C15H24N4O2/c1-9-6-10(2)17-14(12(9)13(16)18-20)19-7-11(3)21-15(4,5)8-19/h6,11,20H,7-8H2,1-5H3,(H2,16,18). The molecule has 1 fully saturated rings. The maximum absolute atomic E-state index is 9.05. The zero-order chi connectivity index (χ0) is 15.8. The number of morpholine rings is 1. The summed E-state index contributed by atoms with van der Waals surface area (Å²) in [4.78, 5) is 6.78. The van der Waals surface area contributed by atoms with E-state index in [0.717, 1.165) is 23.6 Å². The number of hydrogen-bond donors (Lipinski definition) is 2. The normalized spacial score (nSPS) is 22.4. The molecule has 1 saturated heterocycles. The second kappa shape index (κ2) is 5.52. The molecule has 0 radical (unpaired) electrons. The molecule has 1 aliphatic heterocycles. The first-order valence-corrected chi connectivity index (χ1v) is 7.12. The van der Waals surface area contributed by atoms with E-state index in [9.17, 15) is 0 Å². The molecule has 116 valence electrons. The smallest absolute Gasteiger partial charge is 0.174 e. The van der Waals surface area contributed by atoms with Crippen molar-refractivity contribution in [2.75, 3.05) is 18.0 Å². The van der Waals surface area contributed by atoms with Crippen LogP contribution in [0.25, 0.3) is 0 Å². The van der Waals surface area contributed by atoms with Gasteiger partial charge in [0.2, 0.25) is 0 Å². The molecular formula is C15H24N4O2. The number of oxime groups is 1. The largest absolute Gasteiger partial charge is 0.409 e. The Balaban J connectivity index is 2.52. The van der Waals surface area contributed by atoms with Gasteiger partial charge < -0.3 is 20.6 Å². The Kier molecular flexibility index (Phi) is 4.09. The predicted molar refractivity (Wildman–Crippen MR) is 83.1 cm³/mol. The van der Waals surface area contributed by atoms with Crippen LogP contribution in [0.4, 0.5) is 5.82 Å². The highest BCUT2D eigenvalue weighted by atomic mass is 16.5. The summed E-state index contributed by atoms with van der Waals surface area (Å²) in [6.07, 6.45) is 0.0940. The average molecular weight is 292 g/mol. The number of hydrogen-bond acceptors (Lipinski definition) is 5. The Morgan fingerprint density at radius 3 is 2.76 bits per heavy atom. The van der Waals surface area contributed by atoms with Gasteiger partial charge in [0.05, 0.1) is 17.3 Å². The van der Waals surface area contributed by atoms with Crippen LogP contribution in [0, 0.1) is 13.8 Å². The molecule has 1 atom stereocenters. The molecular weight excluding hydrogens is 268 g/mol. The van der Waals surface area contributed by atoms with Gasteiger partial charge in [0.25, 0.3) is 0 Å². The van der Waals surface area contributed by atoms with Gasteiger partial charge in [0, 0.05) is 18.8 Å². The van der Waals surface area contributed by atoms with Crippen LogP contribution >= 0.6 is 0 Å². The fraction of sp³-hybridized carbons (Fsp3) is 0.600. The third-order valence-electron chi connectivity index (χ3n) is 3.56. The van der Waals surface area contributed by atoms with E-state index in [-0.39, 0.29) is 17.5 Å². The number of anilines is 1. The second-order valence-corrected chi connectivity index (χ2v) is 6.33. The summed E-state index contributed by atoms with van der Waals surface area (Å²) in [6, 6.07) is 1.94. The molecule has 0 aromatic carbocycles. The fourth-order valence-electron chi connectivity index (χ4n) is 3.03. The third-order valence-corrected chi connectivity index (χ3v) is 3.56. The van der Waals surface area contributed by atoms with E-state index in [1.165, 1.54) is 0 Å². The van der Waals surface area contributed by atoms with Crippen molar-refractivity contribution >= 4 is 11.7 Å². The lowest BCUT2D eigenvalue weighted by atomic mass is 10.0. The van der Waals surface area contributed by atoms with E-state index in [0.29, 0.717) is 12.1 Å². The van der Waals surface area contributed by atoms with Crippen molar-refractivity contribution in [3.8, 4) is 0 Å². The maximum Gasteiger partial charge on any atom is 0.174 e. The van der Waals surface area contributed by atoms with E-state index < -0.39 is 0 Å². The van der Waals surface area contributed by atoms with Crippen LogP contribution in [0.5, 0.6) is 0 Å². The number of amidine groups is 1. The quantitative estimate of drug-likeness (QED) is 0.376. The highest BCUT2D eigenvalue weighted by Crippen LogP contribution is 2.29. The van der Waals surface area contributed by atoms with E-state index >= 15 is 0 Å². The van der Waals surface area contributed by atoms with Crippen LogP contribution in [-0.4, -0.2) is 40.8 Å². The molecule has 0 aliphatic carbocycles. The van der Waals surface area contributed by atoms with Gasteiger partial charge >= 0.3 is 0 Å². The van der Waals surface area contributed by atoms with E-state index in [1.807, 2.05) is 26.8 Å². The lowest BCUT2D eigenvalue weighted by Gasteiger charge is -2.43. The van der Waals surface area contributed by atoms with Crippen molar-refractivity contribution in [3.63, 3.8) is 0 Å². The fourth-order valence-corrected chi connectivity index (χ4v) is 3.03. The zero-order valence-electron chi connectivity index (χ0n) is 13.3. The maximum atomic E-state index is 9.05. The second-order valence-electron chi connectivity index (χ2n) is 6.33. The van der Waals surface area contributed by atoms with Gasteiger partial charge in [0.15, 0.2) is 5.84 Å². The Hall–Kier alpha value is -1.82. The molecule has 6 heteroatoms. The summed E-state index contributed by atoms with van der Waals surface area (Å²) in [5, 5.41) is 12.2. The molecule has 2 heterocycles. The Morgan fingerprint density at radius 2 is 2.19 bits per heavy atom. The lowest BCUT2D eigenvalue weighted by molar-refractivity contribution is -0.0751. The van der Waals surface area contributed by atoms with E-state index in [1.54, 1.807) is 0 Å². The number of rotatable bonds is 2. The highest BCUT2D eigenvalue weighted by Gasteiger charge is 2.33. The number of nitrogens with two attached hydrogens (primary N) is 1.